The molecule has 1 aromatic carbocycles. The van der Waals surface area contributed by atoms with Crippen molar-refractivity contribution < 1.29 is 22.8 Å². The Balaban J connectivity index is 2.05. The lowest BCUT2D eigenvalue weighted by molar-refractivity contribution is -0.137. The van der Waals surface area contributed by atoms with E-state index in [0.717, 1.165) is 12.1 Å². The van der Waals surface area contributed by atoms with Crippen LogP contribution in [0.1, 0.15) is 32.3 Å². The minimum absolute atomic E-state index is 0.0798. The van der Waals surface area contributed by atoms with Gasteiger partial charge in [0, 0.05) is 11.7 Å². The molecule has 2 N–H and O–H groups in total. The lowest BCUT2D eigenvalue weighted by atomic mass is 10.0. The predicted octanol–water partition coefficient (Wildman–Crippen LogP) is 2.95. The number of amides is 2. The highest BCUT2D eigenvalue weighted by atomic mass is 19.4. The molecule has 4 nitrogen and oxygen atoms in total. The second kappa shape index (κ2) is 5.62. The monoisotopic (exact) mass is 314 g/mol. The third-order valence-electron chi connectivity index (χ3n) is 3.51. The fraction of sp³-hybridized carbons (Fsp3) is 0.467. The summed E-state index contributed by atoms with van der Waals surface area (Å²) >= 11 is 0. The molecule has 2 amide bonds. The van der Waals surface area contributed by atoms with Gasteiger partial charge in [0.2, 0.25) is 11.8 Å². The molecule has 0 saturated heterocycles. The van der Waals surface area contributed by atoms with Gasteiger partial charge in [-0.15, -0.1) is 0 Å². The molecule has 0 aliphatic heterocycles. The zero-order valence-electron chi connectivity index (χ0n) is 12.3. The van der Waals surface area contributed by atoms with Crippen molar-refractivity contribution in [3.05, 3.63) is 29.8 Å². The van der Waals surface area contributed by atoms with Crippen LogP contribution in [0.4, 0.5) is 18.9 Å². The van der Waals surface area contributed by atoms with Crippen LogP contribution < -0.4 is 10.6 Å². The Morgan fingerprint density at radius 2 is 1.64 bits per heavy atom. The van der Waals surface area contributed by atoms with E-state index in [4.69, 9.17) is 0 Å². The molecule has 1 saturated carbocycles. The van der Waals surface area contributed by atoms with Crippen LogP contribution in [0.2, 0.25) is 0 Å². The highest BCUT2D eigenvalue weighted by molar-refractivity contribution is 6.13. The largest absolute Gasteiger partial charge is 0.416 e. The second-order valence-corrected chi connectivity index (χ2v) is 5.74. The molecule has 2 rings (SSSR count). The molecular weight excluding hydrogens is 297 g/mol. The summed E-state index contributed by atoms with van der Waals surface area (Å²) < 4.78 is 37.4. The summed E-state index contributed by atoms with van der Waals surface area (Å²) in [6.07, 6.45) is -3.53. The molecule has 7 heteroatoms. The fourth-order valence-corrected chi connectivity index (χ4v) is 2.08. The molecule has 1 aliphatic carbocycles. The maximum Gasteiger partial charge on any atom is 0.416 e. The smallest absolute Gasteiger partial charge is 0.353 e. The third kappa shape index (κ3) is 3.40. The average molecular weight is 314 g/mol. The number of nitrogens with one attached hydrogen (secondary N) is 2. The van der Waals surface area contributed by atoms with E-state index in [1.165, 1.54) is 12.1 Å². The topological polar surface area (TPSA) is 58.2 Å². The minimum Gasteiger partial charge on any atom is -0.353 e. The van der Waals surface area contributed by atoms with E-state index in [-0.39, 0.29) is 17.6 Å². The first-order chi connectivity index (χ1) is 10.1. The zero-order chi connectivity index (χ0) is 16.5. The van der Waals surface area contributed by atoms with Crippen LogP contribution in [0.25, 0.3) is 0 Å². The van der Waals surface area contributed by atoms with Gasteiger partial charge in [0.05, 0.1) is 5.56 Å². The molecular formula is C15H17F3N2O2. The summed E-state index contributed by atoms with van der Waals surface area (Å²) in [6, 6.07) is 4.06. The lowest BCUT2D eigenvalue weighted by Crippen LogP contribution is -2.42. The Kier molecular flexibility index (Phi) is 4.17. The van der Waals surface area contributed by atoms with Gasteiger partial charge in [-0.25, -0.2) is 0 Å². The van der Waals surface area contributed by atoms with Gasteiger partial charge in [0.15, 0.2) is 0 Å². The summed E-state index contributed by atoms with van der Waals surface area (Å²) in [5.41, 5.74) is -1.64. The maximum atomic E-state index is 12.5. The van der Waals surface area contributed by atoms with Gasteiger partial charge in [-0.05, 0) is 51.0 Å². The van der Waals surface area contributed by atoms with Gasteiger partial charge in [-0.1, -0.05) is 0 Å². The average Bonchev–Trinajstić information content (AvgIpc) is 3.18. The van der Waals surface area contributed by atoms with Gasteiger partial charge < -0.3 is 10.6 Å². The SMILES string of the molecule is CC(C)NC(=O)C1(C(=O)Nc2ccc(C(F)(F)F)cc2)CC1. The van der Waals surface area contributed by atoms with Crippen molar-refractivity contribution in [2.45, 2.75) is 38.9 Å². The number of anilines is 1. The molecule has 0 aromatic heterocycles. The van der Waals surface area contributed by atoms with Gasteiger partial charge >= 0.3 is 6.18 Å². The Labute approximate surface area is 126 Å². The van der Waals surface area contributed by atoms with Crippen LogP contribution in [0.3, 0.4) is 0 Å². The van der Waals surface area contributed by atoms with Crippen LogP contribution in [0.15, 0.2) is 24.3 Å². The van der Waals surface area contributed by atoms with Crippen LogP contribution in [-0.4, -0.2) is 17.9 Å². The number of carbonyl (C=O) groups excluding carboxylic acids is 2. The van der Waals surface area contributed by atoms with Gasteiger partial charge in [-0.2, -0.15) is 13.2 Å². The standard InChI is InChI=1S/C15H17F3N2O2/c1-9(2)19-12(21)14(7-8-14)13(22)20-11-5-3-10(4-6-11)15(16,17)18/h3-6,9H,7-8H2,1-2H3,(H,19,21)(H,20,22). The van der Waals surface area contributed by atoms with E-state index in [9.17, 15) is 22.8 Å². The van der Waals surface area contributed by atoms with Crippen molar-refractivity contribution in [1.29, 1.82) is 0 Å². The Morgan fingerprint density at radius 1 is 1.09 bits per heavy atom. The first-order valence-electron chi connectivity index (χ1n) is 6.95. The minimum atomic E-state index is -4.42. The number of carbonyl (C=O) groups is 2. The molecule has 0 radical (unpaired) electrons. The molecule has 0 bridgehead atoms. The van der Waals surface area contributed by atoms with Crippen molar-refractivity contribution in [3.63, 3.8) is 0 Å². The molecule has 0 unspecified atom stereocenters. The highest BCUT2D eigenvalue weighted by Crippen LogP contribution is 2.47. The van der Waals surface area contributed by atoms with Crippen molar-refractivity contribution in [2.75, 3.05) is 5.32 Å². The molecule has 0 spiro atoms. The van der Waals surface area contributed by atoms with E-state index in [1.807, 2.05) is 0 Å². The van der Waals surface area contributed by atoms with Gasteiger partial charge in [0.25, 0.3) is 0 Å². The molecule has 120 valence electrons. The molecule has 1 aliphatic rings. The maximum absolute atomic E-state index is 12.5. The van der Waals surface area contributed by atoms with Crippen molar-refractivity contribution >= 4 is 17.5 Å². The number of alkyl halides is 3. The highest BCUT2D eigenvalue weighted by Gasteiger charge is 2.56. The summed E-state index contributed by atoms with van der Waals surface area (Å²) in [5, 5.41) is 5.20. The molecule has 0 atom stereocenters. The van der Waals surface area contributed by atoms with E-state index in [0.29, 0.717) is 12.8 Å². The van der Waals surface area contributed by atoms with E-state index in [1.54, 1.807) is 13.8 Å². The Hall–Kier alpha value is -2.05. The first-order valence-corrected chi connectivity index (χ1v) is 6.95. The van der Waals surface area contributed by atoms with Gasteiger partial charge in [-0.3, -0.25) is 9.59 Å². The summed E-state index contributed by atoms with van der Waals surface area (Å²) in [4.78, 5) is 24.2. The number of benzene rings is 1. The quantitative estimate of drug-likeness (QED) is 0.840. The first kappa shape index (κ1) is 16.3. The van der Waals surface area contributed by atoms with E-state index in [2.05, 4.69) is 10.6 Å². The molecule has 1 fully saturated rings. The third-order valence-corrected chi connectivity index (χ3v) is 3.51. The van der Waals surface area contributed by atoms with Crippen LogP contribution in [0, 0.1) is 5.41 Å². The summed E-state index contributed by atoms with van der Waals surface area (Å²) in [5.74, 6) is -0.822. The van der Waals surface area contributed by atoms with Crippen LogP contribution in [0.5, 0.6) is 0 Å². The van der Waals surface area contributed by atoms with Crippen molar-refractivity contribution in [1.82, 2.24) is 5.32 Å². The van der Waals surface area contributed by atoms with Crippen molar-refractivity contribution in [2.24, 2.45) is 5.41 Å². The Bertz CT molecular complexity index is 575. The lowest BCUT2D eigenvalue weighted by Gasteiger charge is -2.17. The predicted molar refractivity (Wildman–Crippen MR) is 75.0 cm³/mol. The van der Waals surface area contributed by atoms with E-state index < -0.39 is 23.1 Å². The summed E-state index contributed by atoms with van der Waals surface area (Å²) in [6.45, 7) is 3.59. The van der Waals surface area contributed by atoms with E-state index >= 15 is 0 Å². The second-order valence-electron chi connectivity index (χ2n) is 5.74. The van der Waals surface area contributed by atoms with Crippen molar-refractivity contribution in [3.8, 4) is 0 Å². The summed E-state index contributed by atoms with van der Waals surface area (Å²) in [7, 11) is 0. The molecule has 0 heterocycles. The normalized spacial score (nSPS) is 16.3. The molecule has 22 heavy (non-hydrogen) atoms. The fourth-order valence-electron chi connectivity index (χ4n) is 2.08. The van der Waals surface area contributed by atoms with Crippen LogP contribution >= 0.6 is 0 Å². The van der Waals surface area contributed by atoms with Gasteiger partial charge in [0.1, 0.15) is 5.41 Å². The number of hydrogen-bond donors (Lipinski definition) is 2. The zero-order valence-corrected chi connectivity index (χ0v) is 12.3. The number of halogens is 3. The Morgan fingerprint density at radius 3 is 2.05 bits per heavy atom. The van der Waals surface area contributed by atoms with Crippen LogP contribution in [-0.2, 0) is 15.8 Å². The molecule has 1 aromatic rings. The number of hydrogen-bond acceptors (Lipinski definition) is 2. The number of rotatable bonds is 4.